The largest absolute Gasteiger partial charge is 0.492 e. The molecule has 0 saturated carbocycles. The summed E-state index contributed by atoms with van der Waals surface area (Å²) in [5.41, 5.74) is 1.84. The first-order valence-electron chi connectivity index (χ1n) is 5.07. The summed E-state index contributed by atoms with van der Waals surface area (Å²) in [6, 6.07) is 5.70. The highest BCUT2D eigenvalue weighted by atomic mass is 127. The number of rotatable bonds is 4. The van der Waals surface area contributed by atoms with Gasteiger partial charge in [0.05, 0.1) is 0 Å². The molecule has 2 rings (SSSR count). The van der Waals surface area contributed by atoms with Gasteiger partial charge >= 0.3 is 0 Å². The van der Waals surface area contributed by atoms with E-state index in [1.165, 1.54) is 0 Å². The Bertz CT molecular complexity index is 409. The molecule has 4 nitrogen and oxygen atoms in total. The molecule has 16 heavy (non-hydrogen) atoms. The molecule has 1 aliphatic heterocycles. The molecule has 0 atom stereocenters. The number of amides is 1. The average Bonchev–Trinajstić information content (AvgIpc) is 2.56. The zero-order valence-corrected chi connectivity index (χ0v) is 11.2. The van der Waals surface area contributed by atoms with Gasteiger partial charge in [0.25, 0.3) is 5.91 Å². The zero-order valence-electron chi connectivity index (χ0n) is 9.00. The first-order valence-corrected chi connectivity index (χ1v) is 6.15. The fraction of sp³-hybridized carbons (Fsp3) is 0.364. The molecule has 0 spiro atoms. The molecule has 1 aromatic rings. The highest BCUT2D eigenvalue weighted by molar-refractivity contribution is 14.1. The molecular weight excluding hydrogens is 319 g/mol. The van der Waals surface area contributed by atoms with Gasteiger partial charge in [0.15, 0.2) is 0 Å². The van der Waals surface area contributed by atoms with Gasteiger partial charge < -0.3 is 9.64 Å². The summed E-state index contributed by atoms with van der Waals surface area (Å²) in [6.07, 6.45) is 0. The molecule has 0 unspecified atom stereocenters. The van der Waals surface area contributed by atoms with Gasteiger partial charge in [-0.1, -0.05) is 6.07 Å². The molecule has 0 fully saturated rings. The van der Waals surface area contributed by atoms with Crippen LogP contribution >= 0.6 is 22.9 Å². The van der Waals surface area contributed by atoms with Crippen molar-refractivity contribution in [2.45, 2.75) is 6.54 Å². The Labute approximate surface area is 108 Å². The minimum Gasteiger partial charge on any atom is -0.492 e. The lowest BCUT2D eigenvalue weighted by Gasteiger charge is -2.06. The summed E-state index contributed by atoms with van der Waals surface area (Å²) in [5.74, 6) is 0.835. The van der Waals surface area contributed by atoms with Crippen molar-refractivity contribution in [2.75, 3.05) is 20.2 Å². The number of carbonyl (C=O) groups excluding carboxylic acids is 1. The summed E-state index contributed by atoms with van der Waals surface area (Å²) < 4.78 is 8.49. The van der Waals surface area contributed by atoms with Crippen LogP contribution in [0.5, 0.6) is 5.75 Å². The van der Waals surface area contributed by atoms with E-state index in [4.69, 9.17) is 4.74 Å². The van der Waals surface area contributed by atoms with E-state index in [2.05, 4.69) is 26.4 Å². The van der Waals surface area contributed by atoms with E-state index < -0.39 is 0 Å². The third-order valence-corrected chi connectivity index (χ3v) is 3.07. The second-order valence-electron chi connectivity index (χ2n) is 3.71. The van der Waals surface area contributed by atoms with Gasteiger partial charge in [-0.25, -0.2) is 0 Å². The van der Waals surface area contributed by atoms with Crippen LogP contribution in [-0.2, 0) is 6.54 Å². The monoisotopic (exact) mass is 332 g/mol. The number of hydrogen-bond acceptors (Lipinski definition) is 3. The first-order chi connectivity index (χ1) is 7.72. The van der Waals surface area contributed by atoms with Crippen molar-refractivity contribution < 1.29 is 9.53 Å². The molecule has 0 radical (unpaired) electrons. The highest BCUT2D eigenvalue weighted by Crippen LogP contribution is 2.25. The van der Waals surface area contributed by atoms with Crippen molar-refractivity contribution in [3.8, 4) is 5.75 Å². The standard InChI is InChI=1S/C11H13IN2O2/c1-14-7-8-2-3-9(16-5-4-13-12)6-10(8)11(14)15/h2-3,6,13H,4-5,7H2,1H3. The molecule has 1 aliphatic rings. The predicted octanol–water partition coefficient (Wildman–Crippen LogP) is 1.59. The van der Waals surface area contributed by atoms with Crippen molar-refractivity contribution in [2.24, 2.45) is 0 Å². The van der Waals surface area contributed by atoms with Crippen molar-refractivity contribution in [3.05, 3.63) is 29.3 Å². The van der Waals surface area contributed by atoms with E-state index in [1.807, 2.05) is 25.2 Å². The molecule has 1 aromatic carbocycles. The highest BCUT2D eigenvalue weighted by Gasteiger charge is 2.24. The van der Waals surface area contributed by atoms with Crippen LogP contribution in [0.15, 0.2) is 18.2 Å². The first kappa shape index (κ1) is 11.7. The fourth-order valence-corrected chi connectivity index (χ4v) is 1.94. The maximum atomic E-state index is 11.7. The Morgan fingerprint density at radius 3 is 3.12 bits per heavy atom. The number of hydrogen-bond donors (Lipinski definition) is 1. The van der Waals surface area contributed by atoms with E-state index in [1.54, 1.807) is 4.90 Å². The number of fused-ring (bicyclic) bond motifs is 1. The van der Waals surface area contributed by atoms with E-state index >= 15 is 0 Å². The summed E-state index contributed by atoms with van der Waals surface area (Å²) in [6.45, 7) is 2.08. The van der Waals surface area contributed by atoms with Gasteiger partial charge in [0.2, 0.25) is 0 Å². The van der Waals surface area contributed by atoms with Gasteiger partial charge in [0.1, 0.15) is 12.4 Å². The topological polar surface area (TPSA) is 41.6 Å². The Kier molecular flexibility index (Phi) is 3.65. The average molecular weight is 332 g/mol. The van der Waals surface area contributed by atoms with Crippen molar-refractivity contribution in [1.29, 1.82) is 0 Å². The molecule has 1 amide bonds. The number of halogens is 1. The summed E-state index contributed by atoms with van der Waals surface area (Å²) >= 11 is 2.07. The Morgan fingerprint density at radius 1 is 1.56 bits per heavy atom. The second-order valence-corrected chi connectivity index (χ2v) is 4.48. The molecule has 0 aliphatic carbocycles. The van der Waals surface area contributed by atoms with Crippen LogP contribution in [0.2, 0.25) is 0 Å². The Balaban J connectivity index is 2.11. The van der Waals surface area contributed by atoms with E-state index in [9.17, 15) is 4.79 Å². The normalized spacial score (nSPS) is 14.1. The van der Waals surface area contributed by atoms with Crippen LogP contribution < -0.4 is 8.27 Å². The van der Waals surface area contributed by atoms with Crippen LogP contribution in [0.3, 0.4) is 0 Å². The van der Waals surface area contributed by atoms with Crippen LogP contribution in [0.4, 0.5) is 0 Å². The van der Waals surface area contributed by atoms with Crippen molar-refractivity contribution >= 4 is 28.8 Å². The molecule has 1 heterocycles. The van der Waals surface area contributed by atoms with Gasteiger partial charge in [-0.2, -0.15) is 0 Å². The molecule has 86 valence electrons. The second kappa shape index (κ2) is 5.01. The van der Waals surface area contributed by atoms with Crippen LogP contribution in [0.25, 0.3) is 0 Å². The summed E-state index contributed by atoms with van der Waals surface area (Å²) in [5, 5.41) is 0. The maximum Gasteiger partial charge on any atom is 0.254 e. The summed E-state index contributed by atoms with van der Waals surface area (Å²) in [7, 11) is 1.81. The number of benzene rings is 1. The van der Waals surface area contributed by atoms with Gasteiger partial charge in [0, 0.05) is 48.6 Å². The Morgan fingerprint density at radius 2 is 2.38 bits per heavy atom. The van der Waals surface area contributed by atoms with Crippen LogP contribution in [-0.4, -0.2) is 31.0 Å². The smallest absolute Gasteiger partial charge is 0.254 e. The molecule has 0 aromatic heterocycles. The zero-order chi connectivity index (χ0) is 11.5. The maximum absolute atomic E-state index is 11.7. The molecule has 0 saturated heterocycles. The lowest BCUT2D eigenvalue weighted by Crippen LogP contribution is -2.17. The molecular formula is C11H13IN2O2. The minimum absolute atomic E-state index is 0.0764. The number of nitrogens with zero attached hydrogens (tertiary/aromatic N) is 1. The van der Waals surface area contributed by atoms with E-state index in [0.717, 1.165) is 23.4 Å². The Hall–Kier alpha value is -0.820. The third kappa shape index (κ3) is 2.30. The van der Waals surface area contributed by atoms with Gasteiger partial charge in [-0.05, 0) is 17.7 Å². The SMILES string of the molecule is CN1Cc2ccc(OCCNI)cc2C1=O. The van der Waals surface area contributed by atoms with Gasteiger partial charge in [-0.3, -0.25) is 8.32 Å². The fourth-order valence-electron chi connectivity index (χ4n) is 1.72. The molecule has 5 heteroatoms. The number of carbonyl (C=O) groups is 1. The quantitative estimate of drug-likeness (QED) is 0.517. The van der Waals surface area contributed by atoms with Gasteiger partial charge in [-0.15, -0.1) is 0 Å². The predicted molar refractivity (Wildman–Crippen MR) is 69.8 cm³/mol. The molecule has 1 N–H and O–H groups in total. The third-order valence-electron chi connectivity index (χ3n) is 2.53. The lowest BCUT2D eigenvalue weighted by molar-refractivity contribution is 0.0816. The molecule has 0 bridgehead atoms. The lowest BCUT2D eigenvalue weighted by atomic mass is 10.1. The van der Waals surface area contributed by atoms with E-state index in [-0.39, 0.29) is 5.91 Å². The summed E-state index contributed by atoms with van der Waals surface area (Å²) in [4.78, 5) is 13.4. The number of ether oxygens (including phenoxy) is 1. The van der Waals surface area contributed by atoms with Crippen LogP contribution in [0, 0.1) is 0 Å². The van der Waals surface area contributed by atoms with Crippen molar-refractivity contribution in [1.82, 2.24) is 8.43 Å². The van der Waals surface area contributed by atoms with Crippen LogP contribution in [0.1, 0.15) is 15.9 Å². The van der Waals surface area contributed by atoms with E-state index in [0.29, 0.717) is 13.2 Å². The van der Waals surface area contributed by atoms with Crippen molar-refractivity contribution in [3.63, 3.8) is 0 Å². The number of nitrogens with one attached hydrogen (secondary N) is 1. The minimum atomic E-state index is 0.0764.